The van der Waals surface area contributed by atoms with E-state index in [1.54, 1.807) is 13.8 Å². The molecule has 0 radical (unpaired) electrons. The lowest BCUT2D eigenvalue weighted by atomic mass is 10.2. The average molecular weight is 201 g/mol. The van der Waals surface area contributed by atoms with Gasteiger partial charge in [-0.15, -0.1) is 0 Å². The second-order valence-corrected chi connectivity index (χ2v) is 3.23. The van der Waals surface area contributed by atoms with Crippen LogP contribution in [0.2, 0.25) is 0 Å². The summed E-state index contributed by atoms with van der Waals surface area (Å²) >= 11 is 0. The number of hydrogen-bond acceptors (Lipinski definition) is 3. The highest BCUT2D eigenvalue weighted by molar-refractivity contribution is 5.77. The van der Waals surface area contributed by atoms with E-state index in [-0.39, 0.29) is 24.3 Å². The Morgan fingerprint density at radius 1 is 1.36 bits per heavy atom. The monoisotopic (exact) mass is 201 g/mol. The molecule has 1 atom stereocenters. The number of rotatable bonds is 6. The van der Waals surface area contributed by atoms with E-state index in [2.05, 4.69) is 5.32 Å². The Morgan fingerprint density at radius 2 is 2.00 bits per heavy atom. The molecule has 0 aromatic rings. The largest absolute Gasteiger partial charge is 0.466 e. The third-order valence-electron chi connectivity index (χ3n) is 1.66. The van der Waals surface area contributed by atoms with Crippen molar-refractivity contribution < 1.29 is 14.3 Å². The van der Waals surface area contributed by atoms with Crippen molar-refractivity contribution >= 4 is 11.9 Å². The van der Waals surface area contributed by atoms with Gasteiger partial charge in [0.2, 0.25) is 5.91 Å². The minimum Gasteiger partial charge on any atom is -0.466 e. The van der Waals surface area contributed by atoms with Gasteiger partial charge in [-0.2, -0.15) is 0 Å². The molecule has 0 rings (SSSR count). The molecule has 0 aromatic heterocycles. The highest BCUT2D eigenvalue weighted by atomic mass is 16.5. The number of carbonyl (C=O) groups is 2. The topological polar surface area (TPSA) is 55.4 Å². The van der Waals surface area contributed by atoms with Gasteiger partial charge >= 0.3 is 5.97 Å². The molecule has 0 aliphatic heterocycles. The van der Waals surface area contributed by atoms with Crippen molar-refractivity contribution in [1.82, 2.24) is 5.32 Å². The first-order valence-electron chi connectivity index (χ1n) is 5.05. The molecule has 0 saturated carbocycles. The van der Waals surface area contributed by atoms with Crippen LogP contribution < -0.4 is 5.32 Å². The molecule has 0 fully saturated rings. The molecule has 4 heteroatoms. The molecular weight excluding hydrogens is 182 g/mol. The lowest BCUT2D eigenvalue weighted by molar-refractivity contribution is -0.143. The van der Waals surface area contributed by atoms with E-state index in [0.717, 1.165) is 6.42 Å². The second kappa shape index (κ2) is 7.35. The number of ether oxygens (including phenoxy) is 1. The fraction of sp³-hybridized carbons (Fsp3) is 0.800. The summed E-state index contributed by atoms with van der Waals surface area (Å²) in [5, 5.41) is 2.73. The average Bonchev–Trinajstić information content (AvgIpc) is 2.03. The van der Waals surface area contributed by atoms with Gasteiger partial charge in [0, 0.05) is 12.5 Å². The predicted octanol–water partition coefficient (Wildman–Crippen LogP) is 1.24. The van der Waals surface area contributed by atoms with Gasteiger partial charge in [-0.3, -0.25) is 9.59 Å². The molecule has 0 spiro atoms. The quantitative estimate of drug-likeness (QED) is 0.658. The fourth-order valence-electron chi connectivity index (χ4n) is 1.09. The molecule has 1 N–H and O–H groups in total. The summed E-state index contributed by atoms with van der Waals surface area (Å²) in [4.78, 5) is 22.1. The predicted molar refractivity (Wildman–Crippen MR) is 53.8 cm³/mol. The molecule has 0 aliphatic carbocycles. The van der Waals surface area contributed by atoms with E-state index in [1.807, 2.05) is 6.92 Å². The number of nitrogens with one attached hydrogen (secondary N) is 1. The van der Waals surface area contributed by atoms with Crippen LogP contribution in [0.1, 0.15) is 40.0 Å². The first kappa shape index (κ1) is 12.9. The number of hydrogen-bond donors (Lipinski definition) is 1. The van der Waals surface area contributed by atoms with E-state index in [1.165, 1.54) is 0 Å². The number of esters is 1. The zero-order chi connectivity index (χ0) is 11.0. The molecule has 82 valence electrons. The third-order valence-corrected chi connectivity index (χ3v) is 1.66. The normalized spacial score (nSPS) is 11.9. The highest BCUT2D eigenvalue weighted by Gasteiger charge is 2.11. The minimum absolute atomic E-state index is 0.00991. The molecule has 0 aromatic carbocycles. The first-order valence-corrected chi connectivity index (χ1v) is 5.05. The van der Waals surface area contributed by atoms with Crippen LogP contribution in [0.25, 0.3) is 0 Å². The summed E-state index contributed by atoms with van der Waals surface area (Å²) in [7, 11) is 0. The fourth-order valence-corrected chi connectivity index (χ4v) is 1.09. The van der Waals surface area contributed by atoms with Crippen LogP contribution in [0.4, 0.5) is 0 Å². The maximum atomic E-state index is 11.1. The Hall–Kier alpha value is -1.06. The van der Waals surface area contributed by atoms with Crippen molar-refractivity contribution in [2.24, 2.45) is 0 Å². The summed E-state index contributed by atoms with van der Waals surface area (Å²) in [5.74, 6) is -0.277. The molecule has 0 saturated heterocycles. The van der Waals surface area contributed by atoms with Gasteiger partial charge in [0.1, 0.15) is 0 Å². The van der Waals surface area contributed by atoms with Crippen LogP contribution in [-0.4, -0.2) is 24.5 Å². The van der Waals surface area contributed by atoms with E-state index in [0.29, 0.717) is 13.0 Å². The third kappa shape index (κ3) is 6.46. The van der Waals surface area contributed by atoms with Crippen LogP contribution in [0, 0.1) is 0 Å². The van der Waals surface area contributed by atoms with E-state index < -0.39 is 0 Å². The lowest BCUT2D eigenvalue weighted by Crippen LogP contribution is -2.34. The van der Waals surface area contributed by atoms with Crippen molar-refractivity contribution in [3.05, 3.63) is 0 Å². The number of carbonyl (C=O) groups excluding carboxylic acids is 2. The molecule has 0 aliphatic rings. The Bertz CT molecular complexity index is 172. The SMILES string of the molecule is CCCC(=O)NC(C)CC(=O)OCC. The van der Waals surface area contributed by atoms with Crippen LogP contribution >= 0.6 is 0 Å². The van der Waals surface area contributed by atoms with Crippen LogP contribution in [0.5, 0.6) is 0 Å². The zero-order valence-electron chi connectivity index (χ0n) is 9.13. The molecule has 0 bridgehead atoms. The Labute approximate surface area is 85.0 Å². The van der Waals surface area contributed by atoms with Gasteiger partial charge in [0.15, 0.2) is 0 Å². The molecule has 1 unspecified atom stereocenters. The van der Waals surface area contributed by atoms with Crippen LogP contribution in [0.15, 0.2) is 0 Å². The first-order chi connectivity index (χ1) is 6.60. The highest BCUT2D eigenvalue weighted by Crippen LogP contribution is 1.95. The molecule has 0 heterocycles. The summed E-state index contributed by atoms with van der Waals surface area (Å²) in [6.45, 7) is 5.88. The van der Waals surface area contributed by atoms with Crippen molar-refractivity contribution in [3.8, 4) is 0 Å². The smallest absolute Gasteiger partial charge is 0.307 e. The minimum atomic E-state index is -0.267. The Kier molecular flexibility index (Phi) is 6.80. The van der Waals surface area contributed by atoms with E-state index in [9.17, 15) is 9.59 Å². The van der Waals surface area contributed by atoms with Gasteiger partial charge in [-0.1, -0.05) is 6.92 Å². The zero-order valence-corrected chi connectivity index (χ0v) is 9.13. The maximum absolute atomic E-state index is 11.1. The van der Waals surface area contributed by atoms with Gasteiger partial charge in [-0.25, -0.2) is 0 Å². The summed E-state index contributed by atoms with van der Waals surface area (Å²) in [6.07, 6.45) is 1.56. The second-order valence-electron chi connectivity index (χ2n) is 3.23. The van der Waals surface area contributed by atoms with Crippen LogP contribution in [0.3, 0.4) is 0 Å². The van der Waals surface area contributed by atoms with Gasteiger partial charge in [-0.05, 0) is 20.3 Å². The molecule has 14 heavy (non-hydrogen) atoms. The van der Waals surface area contributed by atoms with E-state index >= 15 is 0 Å². The van der Waals surface area contributed by atoms with Gasteiger partial charge in [0.05, 0.1) is 13.0 Å². The Morgan fingerprint density at radius 3 is 2.50 bits per heavy atom. The summed E-state index contributed by atoms with van der Waals surface area (Å²) < 4.78 is 4.76. The lowest BCUT2D eigenvalue weighted by Gasteiger charge is -2.12. The van der Waals surface area contributed by atoms with Gasteiger partial charge < -0.3 is 10.1 Å². The summed E-state index contributed by atoms with van der Waals surface area (Å²) in [5.41, 5.74) is 0. The van der Waals surface area contributed by atoms with Crippen LogP contribution in [-0.2, 0) is 14.3 Å². The standard InChI is InChI=1S/C10H19NO3/c1-4-6-9(12)11-8(3)7-10(13)14-5-2/h8H,4-7H2,1-3H3,(H,11,12). The van der Waals surface area contributed by atoms with Crippen molar-refractivity contribution in [1.29, 1.82) is 0 Å². The number of amides is 1. The maximum Gasteiger partial charge on any atom is 0.307 e. The summed E-state index contributed by atoms with van der Waals surface area (Å²) in [6, 6.07) is -0.145. The molecular formula is C10H19NO3. The molecule has 1 amide bonds. The van der Waals surface area contributed by atoms with E-state index in [4.69, 9.17) is 4.74 Å². The van der Waals surface area contributed by atoms with Crippen molar-refractivity contribution in [2.45, 2.75) is 46.1 Å². The van der Waals surface area contributed by atoms with Crippen molar-refractivity contribution in [2.75, 3.05) is 6.61 Å². The van der Waals surface area contributed by atoms with Crippen molar-refractivity contribution in [3.63, 3.8) is 0 Å². The molecule has 4 nitrogen and oxygen atoms in total. The van der Waals surface area contributed by atoms with Gasteiger partial charge in [0.25, 0.3) is 0 Å². The Balaban J connectivity index is 3.68.